The van der Waals surface area contributed by atoms with E-state index < -0.39 is 0 Å². The Labute approximate surface area is 163 Å². The van der Waals surface area contributed by atoms with Gasteiger partial charge in [-0.3, -0.25) is 4.98 Å². The van der Waals surface area contributed by atoms with Crippen LogP contribution in [0, 0.1) is 6.92 Å². The molecule has 0 bridgehead atoms. The fourth-order valence-electron chi connectivity index (χ4n) is 3.16. The van der Waals surface area contributed by atoms with Gasteiger partial charge < -0.3 is 10.6 Å². The minimum absolute atomic E-state index is 0.236. The number of aromatic nitrogens is 3. The number of nitrogens with one attached hydrogen (secondary N) is 2. The largest absolute Gasteiger partial charge is 0.338 e. The topological polar surface area (TPSA) is 71.3 Å². The van der Waals surface area contributed by atoms with Crippen molar-refractivity contribution < 1.29 is 4.79 Å². The number of pyridine rings is 2. The smallest absolute Gasteiger partial charge is 0.319 e. The van der Waals surface area contributed by atoms with E-state index in [0.29, 0.717) is 12.2 Å². The third-order valence-corrected chi connectivity index (χ3v) is 4.63. The quantitative estimate of drug-likeness (QED) is 0.555. The van der Waals surface area contributed by atoms with E-state index in [9.17, 15) is 4.79 Å². The Morgan fingerprint density at radius 1 is 1.04 bits per heavy atom. The molecule has 4 rings (SSSR count). The van der Waals surface area contributed by atoms with Gasteiger partial charge in [-0.15, -0.1) is 0 Å². The molecule has 0 aliphatic rings. The van der Waals surface area contributed by atoms with Crippen molar-refractivity contribution in [3.63, 3.8) is 0 Å². The molecule has 3 aromatic heterocycles. The zero-order valence-corrected chi connectivity index (χ0v) is 15.6. The van der Waals surface area contributed by atoms with Gasteiger partial charge in [-0.25, -0.2) is 9.31 Å². The molecule has 2 amide bonds. The molecule has 0 saturated heterocycles. The summed E-state index contributed by atoms with van der Waals surface area (Å²) in [6.45, 7) is 2.61. The molecule has 0 unspecified atom stereocenters. The lowest BCUT2D eigenvalue weighted by atomic mass is 10.1. The summed E-state index contributed by atoms with van der Waals surface area (Å²) in [4.78, 5) is 16.2. The summed E-state index contributed by atoms with van der Waals surface area (Å²) >= 11 is 0. The molecular weight excluding hydrogens is 350 g/mol. The van der Waals surface area contributed by atoms with Crippen molar-refractivity contribution in [2.75, 3.05) is 11.9 Å². The fraction of sp³-hybridized carbons (Fsp3) is 0.136. The molecule has 0 spiro atoms. The van der Waals surface area contributed by atoms with Crippen LogP contribution in [-0.2, 0) is 6.42 Å². The van der Waals surface area contributed by atoms with E-state index in [-0.39, 0.29) is 6.03 Å². The Morgan fingerprint density at radius 2 is 1.82 bits per heavy atom. The van der Waals surface area contributed by atoms with Crippen LogP contribution < -0.4 is 10.6 Å². The lowest BCUT2D eigenvalue weighted by Gasteiger charge is -2.08. The Bertz CT molecular complexity index is 1090. The van der Waals surface area contributed by atoms with Gasteiger partial charge in [0.1, 0.15) is 0 Å². The number of amides is 2. The molecule has 3 heterocycles. The van der Waals surface area contributed by atoms with Crippen molar-refractivity contribution in [3.05, 3.63) is 84.3 Å². The van der Waals surface area contributed by atoms with E-state index in [0.717, 1.165) is 34.3 Å². The highest BCUT2D eigenvalue weighted by Gasteiger charge is 2.11. The lowest BCUT2D eigenvalue weighted by molar-refractivity contribution is 0.252. The van der Waals surface area contributed by atoms with Crippen LogP contribution in [0.1, 0.15) is 11.1 Å². The molecule has 6 heteroatoms. The molecule has 0 atom stereocenters. The van der Waals surface area contributed by atoms with Gasteiger partial charge in [-0.05, 0) is 43.2 Å². The van der Waals surface area contributed by atoms with Gasteiger partial charge in [0.25, 0.3) is 0 Å². The third-order valence-electron chi connectivity index (χ3n) is 4.63. The first-order chi connectivity index (χ1) is 13.7. The maximum absolute atomic E-state index is 12.2. The molecule has 1 aromatic carbocycles. The third kappa shape index (κ3) is 3.86. The summed E-state index contributed by atoms with van der Waals surface area (Å²) in [7, 11) is 0. The fourth-order valence-corrected chi connectivity index (χ4v) is 3.16. The summed E-state index contributed by atoms with van der Waals surface area (Å²) in [5.74, 6) is 0. The van der Waals surface area contributed by atoms with Crippen LogP contribution >= 0.6 is 0 Å². The molecule has 4 aromatic rings. The minimum Gasteiger partial charge on any atom is -0.338 e. The number of hydrogen-bond acceptors (Lipinski definition) is 3. The van der Waals surface area contributed by atoms with Gasteiger partial charge in [0.05, 0.1) is 23.1 Å². The SMILES string of the molecule is Cc1c(-c2ccccc2)nn2cc(NC(=O)NCCc3ccncc3)ccc12. The van der Waals surface area contributed by atoms with Crippen LogP contribution in [0.4, 0.5) is 10.5 Å². The van der Waals surface area contributed by atoms with Crippen LogP contribution in [0.3, 0.4) is 0 Å². The number of fused-ring (bicyclic) bond motifs is 1. The van der Waals surface area contributed by atoms with E-state index in [4.69, 9.17) is 5.10 Å². The maximum Gasteiger partial charge on any atom is 0.319 e. The van der Waals surface area contributed by atoms with Gasteiger partial charge in [0, 0.05) is 30.1 Å². The highest BCUT2D eigenvalue weighted by molar-refractivity contribution is 5.89. The second-order valence-corrected chi connectivity index (χ2v) is 6.57. The van der Waals surface area contributed by atoms with Gasteiger partial charge in [-0.1, -0.05) is 30.3 Å². The molecular formula is C22H21N5O. The average Bonchev–Trinajstić information content (AvgIpc) is 3.05. The van der Waals surface area contributed by atoms with Crippen molar-refractivity contribution in [2.24, 2.45) is 0 Å². The number of benzene rings is 1. The number of anilines is 1. The molecule has 0 aliphatic heterocycles. The van der Waals surface area contributed by atoms with E-state index in [1.165, 1.54) is 0 Å². The number of urea groups is 1. The normalized spacial score (nSPS) is 10.8. The minimum atomic E-state index is -0.236. The van der Waals surface area contributed by atoms with Crippen LogP contribution in [0.2, 0.25) is 0 Å². The van der Waals surface area contributed by atoms with E-state index in [1.807, 2.05) is 65.3 Å². The highest BCUT2D eigenvalue weighted by Crippen LogP contribution is 2.26. The van der Waals surface area contributed by atoms with E-state index in [1.54, 1.807) is 12.4 Å². The number of rotatable bonds is 5. The van der Waals surface area contributed by atoms with Gasteiger partial charge in [0.15, 0.2) is 0 Å². The summed E-state index contributed by atoms with van der Waals surface area (Å²) in [6.07, 6.45) is 6.09. The Balaban J connectivity index is 1.43. The van der Waals surface area contributed by atoms with Crippen molar-refractivity contribution in [1.29, 1.82) is 0 Å². The van der Waals surface area contributed by atoms with Crippen molar-refractivity contribution in [1.82, 2.24) is 19.9 Å². The summed E-state index contributed by atoms with van der Waals surface area (Å²) in [5, 5.41) is 10.4. The second-order valence-electron chi connectivity index (χ2n) is 6.57. The predicted octanol–water partition coefficient (Wildman–Crippen LogP) is 4.07. The number of nitrogens with zero attached hydrogens (tertiary/aromatic N) is 3. The average molecular weight is 371 g/mol. The first-order valence-corrected chi connectivity index (χ1v) is 9.19. The molecule has 0 fully saturated rings. The van der Waals surface area contributed by atoms with E-state index >= 15 is 0 Å². The number of aryl methyl sites for hydroxylation is 1. The van der Waals surface area contributed by atoms with Gasteiger partial charge in [-0.2, -0.15) is 5.10 Å². The first kappa shape index (κ1) is 17.7. The predicted molar refractivity (Wildman–Crippen MR) is 110 cm³/mol. The molecule has 140 valence electrons. The molecule has 0 radical (unpaired) electrons. The Morgan fingerprint density at radius 3 is 2.61 bits per heavy atom. The molecule has 6 nitrogen and oxygen atoms in total. The van der Waals surface area contributed by atoms with Crippen LogP contribution in [0.5, 0.6) is 0 Å². The number of carbonyl (C=O) groups excluding carboxylic acids is 1. The number of hydrogen-bond donors (Lipinski definition) is 2. The highest BCUT2D eigenvalue weighted by atomic mass is 16.2. The molecule has 0 aliphatic carbocycles. The zero-order valence-electron chi connectivity index (χ0n) is 15.6. The Hall–Kier alpha value is -3.67. The lowest BCUT2D eigenvalue weighted by Crippen LogP contribution is -2.30. The monoisotopic (exact) mass is 371 g/mol. The van der Waals surface area contributed by atoms with Gasteiger partial charge >= 0.3 is 6.03 Å². The molecule has 2 N–H and O–H groups in total. The molecule has 28 heavy (non-hydrogen) atoms. The Kier molecular flexibility index (Phi) is 5.01. The maximum atomic E-state index is 12.2. The van der Waals surface area contributed by atoms with Crippen LogP contribution in [0.15, 0.2) is 73.2 Å². The van der Waals surface area contributed by atoms with Crippen molar-refractivity contribution in [2.45, 2.75) is 13.3 Å². The van der Waals surface area contributed by atoms with Crippen molar-refractivity contribution in [3.8, 4) is 11.3 Å². The summed E-state index contributed by atoms with van der Waals surface area (Å²) in [5.41, 5.74) is 5.97. The van der Waals surface area contributed by atoms with Gasteiger partial charge in [0.2, 0.25) is 0 Å². The van der Waals surface area contributed by atoms with E-state index in [2.05, 4.69) is 22.5 Å². The van der Waals surface area contributed by atoms with Crippen molar-refractivity contribution >= 4 is 17.2 Å². The molecule has 0 saturated carbocycles. The summed E-state index contributed by atoms with van der Waals surface area (Å²) < 4.78 is 1.81. The standard InChI is InChI=1S/C22H21N5O/c1-16-20-8-7-19(15-27(20)26-21(16)18-5-3-2-4-6-18)25-22(28)24-14-11-17-9-12-23-13-10-17/h2-10,12-13,15H,11,14H2,1H3,(H2,24,25,28). The summed E-state index contributed by atoms with van der Waals surface area (Å²) in [6, 6.07) is 17.6. The van der Waals surface area contributed by atoms with Crippen LogP contribution in [-0.4, -0.2) is 27.2 Å². The van der Waals surface area contributed by atoms with Crippen LogP contribution in [0.25, 0.3) is 16.8 Å². The zero-order chi connectivity index (χ0) is 19.3. The number of carbonyl (C=O) groups is 1. The first-order valence-electron chi connectivity index (χ1n) is 9.19. The second kappa shape index (κ2) is 7.92.